The third-order valence-corrected chi connectivity index (χ3v) is 3.47. The zero-order chi connectivity index (χ0) is 13.9. The molecule has 2 heterocycles. The molecule has 0 aliphatic heterocycles. The van der Waals surface area contributed by atoms with Gasteiger partial charge in [0, 0.05) is 37.6 Å². The minimum Gasteiger partial charge on any atom is -0.397 e. The number of aromatic nitrogens is 3. The largest absolute Gasteiger partial charge is 0.397 e. The lowest BCUT2D eigenvalue weighted by molar-refractivity contribution is 0.0943. The summed E-state index contributed by atoms with van der Waals surface area (Å²) in [7, 11) is 0. The van der Waals surface area contributed by atoms with E-state index in [-0.39, 0.29) is 5.91 Å². The van der Waals surface area contributed by atoms with Gasteiger partial charge in [-0.05, 0) is 25.3 Å². The van der Waals surface area contributed by atoms with Gasteiger partial charge < -0.3 is 20.6 Å². The quantitative estimate of drug-likeness (QED) is 0.697. The molecular weight excluding hydrogens is 254 g/mol. The van der Waals surface area contributed by atoms with Gasteiger partial charge in [0.05, 0.1) is 5.69 Å². The summed E-state index contributed by atoms with van der Waals surface area (Å²) in [6, 6.07) is 2.20. The van der Waals surface area contributed by atoms with Crippen LogP contribution >= 0.6 is 0 Å². The molecule has 0 spiro atoms. The summed E-state index contributed by atoms with van der Waals surface area (Å²) in [4.78, 5) is 19.4. The minimum absolute atomic E-state index is 0.0481. The van der Waals surface area contributed by atoms with E-state index in [0.29, 0.717) is 24.0 Å². The van der Waals surface area contributed by atoms with Gasteiger partial charge in [0.15, 0.2) is 0 Å². The lowest BCUT2D eigenvalue weighted by atomic mass is 10.3. The predicted molar refractivity (Wildman–Crippen MR) is 76.4 cm³/mol. The van der Waals surface area contributed by atoms with Gasteiger partial charge in [-0.15, -0.1) is 0 Å². The number of H-pyrrole nitrogens is 1. The van der Waals surface area contributed by atoms with Crippen molar-refractivity contribution in [1.29, 1.82) is 0 Å². The maximum atomic E-state index is 12.2. The summed E-state index contributed by atoms with van der Waals surface area (Å²) < 4.78 is 2.00. The van der Waals surface area contributed by atoms with Crippen molar-refractivity contribution in [2.24, 2.45) is 0 Å². The highest BCUT2D eigenvalue weighted by atomic mass is 16.1. The van der Waals surface area contributed by atoms with Crippen LogP contribution in [0.2, 0.25) is 0 Å². The Bertz CT molecular complexity index is 583. The number of nitrogen functional groups attached to an aromatic ring is 1. The number of carbonyl (C=O) groups excluding carboxylic acids is 1. The van der Waals surface area contributed by atoms with Crippen LogP contribution in [0.1, 0.15) is 41.6 Å². The van der Waals surface area contributed by atoms with Crippen LogP contribution in [-0.2, 0) is 6.42 Å². The maximum Gasteiger partial charge on any atom is 0.267 e. The van der Waals surface area contributed by atoms with Crippen LogP contribution < -0.4 is 11.1 Å². The third kappa shape index (κ3) is 2.84. The first-order chi connectivity index (χ1) is 9.74. The number of aryl methyl sites for hydroxylation is 1. The fourth-order valence-electron chi connectivity index (χ4n) is 2.32. The first kappa shape index (κ1) is 12.8. The molecular formula is C14H19N5O. The summed E-state index contributed by atoms with van der Waals surface area (Å²) in [5.74, 6) is 0.901. The highest BCUT2D eigenvalue weighted by molar-refractivity contribution is 5.93. The molecule has 1 saturated carbocycles. The molecule has 1 aliphatic rings. The van der Waals surface area contributed by atoms with Crippen LogP contribution in [0.25, 0.3) is 0 Å². The number of nitrogens with one attached hydrogen (secondary N) is 2. The summed E-state index contributed by atoms with van der Waals surface area (Å²) in [5, 5.41) is 2.94. The zero-order valence-corrected chi connectivity index (χ0v) is 11.3. The van der Waals surface area contributed by atoms with Crippen LogP contribution in [0.3, 0.4) is 0 Å². The topological polar surface area (TPSA) is 88.7 Å². The van der Waals surface area contributed by atoms with Crippen LogP contribution in [0, 0.1) is 0 Å². The molecule has 106 valence electrons. The summed E-state index contributed by atoms with van der Waals surface area (Å²) >= 11 is 0. The number of hydrogen-bond acceptors (Lipinski definition) is 3. The van der Waals surface area contributed by atoms with Crippen molar-refractivity contribution in [3.05, 3.63) is 36.2 Å². The predicted octanol–water partition coefficient (Wildman–Crippen LogP) is 1.49. The van der Waals surface area contributed by atoms with E-state index in [0.717, 1.165) is 31.5 Å². The number of amides is 1. The highest BCUT2D eigenvalue weighted by Gasteiger charge is 2.27. The second-order valence-electron chi connectivity index (χ2n) is 5.19. The molecule has 0 unspecified atom stereocenters. The van der Waals surface area contributed by atoms with Gasteiger partial charge in [0.25, 0.3) is 5.91 Å². The lowest BCUT2D eigenvalue weighted by Gasteiger charge is -2.08. The molecule has 4 N–H and O–H groups in total. The molecule has 6 nitrogen and oxygen atoms in total. The first-order valence-electron chi connectivity index (χ1n) is 6.98. The fourth-order valence-corrected chi connectivity index (χ4v) is 2.32. The number of nitrogens with zero attached hydrogens (tertiary/aromatic N) is 2. The van der Waals surface area contributed by atoms with E-state index in [2.05, 4.69) is 15.3 Å². The molecule has 0 atom stereocenters. The number of aromatic amines is 1. The van der Waals surface area contributed by atoms with Crippen LogP contribution in [-0.4, -0.2) is 27.0 Å². The Balaban J connectivity index is 1.51. The Morgan fingerprint density at radius 1 is 1.55 bits per heavy atom. The van der Waals surface area contributed by atoms with Gasteiger partial charge in [-0.2, -0.15) is 0 Å². The van der Waals surface area contributed by atoms with Crippen molar-refractivity contribution in [3.63, 3.8) is 0 Å². The summed E-state index contributed by atoms with van der Waals surface area (Å²) in [6.45, 7) is 0.634. The molecule has 0 aromatic carbocycles. The number of nitrogens with two attached hydrogens (primary N) is 1. The minimum atomic E-state index is -0.0481. The maximum absolute atomic E-state index is 12.2. The molecule has 6 heteroatoms. The normalized spacial score (nSPS) is 14.4. The molecule has 0 bridgehead atoms. The fraction of sp³-hybridized carbons (Fsp3) is 0.429. The SMILES string of the molecule is Nc1cc(C(=O)NCCCc2ncc[nH]2)n(C2CC2)c1. The van der Waals surface area contributed by atoms with Crippen molar-refractivity contribution >= 4 is 11.6 Å². The van der Waals surface area contributed by atoms with E-state index in [9.17, 15) is 4.79 Å². The van der Waals surface area contributed by atoms with Gasteiger partial charge in [-0.1, -0.05) is 0 Å². The van der Waals surface area contributed by atoms with Crippen molar-refractivity contribution in [2.45, 2.75) is 31.7 Å². The van der Waals surface area contributed by atoms with Gasteiger partial charge >= 0.3 is 0 Å². The average Bonchev–Trinajstić information content (AvgIpc) is 3.00. The molecule has 0 radical (unpaired) electrons. The molecule has 20 heavy (non-hydrogen) atoms. The molecule has 0 saturated heterocycles. The standard InChI is InChI=1S/C14H19N5O/c15-10-8-12(19(9-10)11-3-4-11)14(20)18-5-1-2-13-16-6-7-17-13/h6-9,11H,1-5,15H2,(H,16,17)(H,18,20). The smallest absolute Gasteiger partial charge is 0.267 e. The number of hydrogen-bond donors (Lipinski definition) is 3. The van der Waals surface area contributed by atoms with Crippen molar-refractivity contribution < 1.29 is 4.79 Å². The van der Waals surface area contributed by atoms with E-state index >= 15 is 0 Å². The van der Waals surface area contributed by atoms with Crippen LogP contribution in [0.5, 0.6) is 0 Å². The van der Waals surface area contributed by atoms with E-state index in [1.165, 1.54) is 0 Å². The molecule has 2 aromatic rings. The van der Waals surface area contributed by atoms with Crippen molar-refractivity contribution in [1.82, 2.24) is 19.9 Å². The van der Waals surface area contributed by atoms with E-state index in [4.69, 9.17) is 5.73 Å². The number of anilines is 1. The Labute approximate surface area is 117 Å². The molecule has 1 amide bonds. The Morgan fingerprint density at radius 3 is 3.10 bits per heavy atom. The number of rotatable bonds is 6. The first-order valence-corrected chi connectivity index (χ1v) is 6.98. The third-order valence-electron chi connectivity index (χ3n) is 3.47. The summed E-state index contributed by atoms with van der Waals surface area (Å²) in [5.41, 5.74) is 7.11. The van der Waals surface area contributed by atoms with Gasteiger partial charge in [-0.3, -0.25) is 4.79 Å². The highest BCUT2D eigenvalue weighted by Crippen LogP contribution is 2.37. The van der Waals surface area contributed by atoms with E-state index in [1.54, 1.807) is 18.5 Å². The lowest BCUT2D eigenvalue weighted by Crippen LogP contribution is -2.27. The van der Waals surface area contributed by atoms with E-state index in [1.807, 2.05) is 10.8 Å². The Morgan fingerprint density at radius 2 is 2.40 bits per heavy atom. The average molecular weight is 273 g/mol. The molecule has 1 aliphatic carbocycles. The Hall–Kier alpha value is -2.24. The van der Waals surface area contributed by atoms with Crippen LogP contribution in [0.15, 0.2) is 24.7 Å². The van der Waals surface area contributed by atoms with Gasteiger partial charge in [-0.25, -0.2) is 4.98 Å². The van der Waals surface area contributed by atoms with Gasteiger partial charge in [0.1, 0.15) is 11.5 Å². The van der Waals surface area contributed by atoms with E-state index < -0.39 is 0 Å². The zero-order valence-electron chi connectivity index (χ0n) is 11.3. The number of carbonyl (C=O) groups is 1. The molecule has 2 aromatic heterocycles. The van der Waals surface area contributed by atoms with Crippen LogP contribution in [0.4, 0.5) is 5.69 Å². The van der Waals surface area contributed by atoms with Crippen molar-refractivity contribution in [2.75, 3.05) is 12.3 Å². The van der Waals surface area contributed by atoms with Gasteiger partial charge in [0.2, 0.25) is 0 Å². The van der Waals surface area contributed by atoms with Crippen molar-refractivity contribution in [3.8, 4) is 0 Å². The Kier molecular flexibility index (Phi) is 3.45. The second kappa shape index (κ2) is 5.40. The second-order valence-corrected chi connectivity index (χ2v) is 5.19. The summed E-state index contributed by atoms with van der Waals surface area (Å²) in [6.07, 6.45) is 9.35. The monoisotopic (exact) mass is 273 g/mol. The molecule has 1 fully saturated rings. The number of imidazole rings is 1. The molecule has 3 rings (SSSR count).